The first-order chi connectivity index (χ1) is 10.2. The van der Waals surface area contributed by atoms with Gasteiger partial charge < -0.3 is 9.73 Å². The van der Waals surface area contributed by atoms with E-state index in [1.807, 2.05) is 24.3 Å². The maximum absolute atomic E-state index is 11.7. The van der Waals surface area contributed by atoms with Gasteiger partial charge in [0.2, 0.25) is 5.91 Å². The van der Waals surface area contributed by atoms with E-state index in [9.17, 15) is 4.79 Å². The lowest BCUT2D eigenvalue weighted by Gasteiger charge is -2.07. The Balaban J connectivity index is 1.66. The minimum Gasteiger partial charge on any atom is -0.468 e. The van der Waals surface area contributed by atoms with Gasteiger partial charge in [-0.2, -0.15) is 0 Å². The van der Waals surface area contributed by atoms with Crippen LogP contribution in [0.2, 0.25) is 10.0 Å². The van der Waals surface area contributed by atoms with E-state index in [1.54, 1.807) is 12.3 Å². The fourth-order valence-electron chi connectivity index (χ4n) is 1.77. The zero-order chi connectivity index (χ0) is 15.1. The smallest absolute Gasteiger partial charge is 0.230 e. The summed E-state index contributed by atoms with van der Waals surface area (Å²) in [5, 5.41) is 3.96. The van der Waals surface area contributed by atoms with Crippen molar-refractivity contribution in [3.63, 3.8) is 0 Å². The number of hydrogen-bond acceptors (Lipinski definition) is 3. The standard InChI is InChI=1S/C15H15Cl2NO2S/c16-13-5-1-3-11(15(13)17)6-7-18-14(19)10-21-9-12-4-2-8-20-12/h1-5,8H,6-7,9-10H2,(H,18,19). The summed E-state index contributed by atoms with van der Waals surface area (Å²) in [6.45, 7) is 0.542. The Morgan fingerprint density at radius 2 is 2.10 bits per heavy atom. The second-order valence-electron chi connectivity index (χ2n) is 4.39. The Kier molecular flexibility index (Phi) is 6.49. The Labute approximate surface area is 138 Å². The van der Waals surface area contributed by atoms with Crippen molar-refractivity contribution in [2.45, 2.75) is 12.2 Å². The van der Waals surface area contributed by atoms with E-state index in [0.29, 0.717) is 34.5 Å². The lowest BCUT2D eigenvalue weighted by atomic mass is 10.1. The number of carbonyl (C=O) groups excluding carboxylic acids is 1. The van der Waals surface area contributed by atoms with Gasteiger partial charge in [0, 0.05) is 6.54 Å². The van der Waals surface area contributed by atoms with Crippen LogP contribution in [-0.4, -0.2) is 18.2 Å². The van der Waals surface area contributed by atoms with E-state index in [-0.39, 0.29) is 5.91 Å². The Hall–Kier alpha value is -1.10. The molecule has 21 heavy (non-hydrogen) atoms. The number of nitrogens with one attached hydrogen (secondary N) is 1. The number of hydrogen-bond donors (Lipinski definition) is 1. The summed E-state index contributed by atoms with van der Waals surface area (Å²) in [4.78, 5) is 11.7. The van der Waals surface area contributed by atoms with E-state index in [0.717, 1.165) is 11.3 Å². The summed E-state index contributed by atoms with van der Waals surface area (Å²) < 4.78 is 5.20. The third-order valence-corrected chi connectivity index (χ3v) is 4.62. The number of amides is 1. The van der Waals surface area contributed by atoms with E-state index >= 15 is 0 Å². The highest BCUT2D eigenvalue weighted by Gasteiger charge is 2.06. The average Bonchev–Trinajstić information content (AvgIpc) is 2.97. The van der Waals surface area contributed by atoms with Crippen LogP contribution in [0.4, 0.5) is 0 Å². The summed E-state index contributed by atoms with van der Waals surface area (Å²) in [5.74, 6) is 1.98. The van der Waals surface area contributed by atoms with Crippen LogP contribution in [0.15, 0.2) is 41.0 Å². The molecule has 0 fully saturated rings. The van der Waals surface area contributed by atoms with Gasteiger partial charge in [-0.25, -0.2) is 0 Å². The first-order valence-electron chi connectivity index (χ1n) is 6.46. The van der Waals surface area contributed by atoms with Crippen molar-refractivity contribution in [2.75, 3.05) is 12.3 Å². The molecule has 0 unspecified atom stereocenters. The SMILES string of the molecule is O=C(CSCc1ccco1)NCCc1cccc(Cl)c1Cl. The quantitative estimate of drug-likeness (QED) is 0.819. The van der Waals surface area contributed by atoms with Crippen molar-refractivity contribution in [2.24, 2.45) is 0 Å². The van der Waals surface area contributed by atoms with Crippen molar-refractivity contribution in [1.82, 2.24) is 5.32 Å². The Morgan fingerprint density at radius 1 is 1.24 bits per heavy atom. The van der Waals surface area contributed by atoms with Crippen LogP contribution in [0.5, 0.6) is 0 Å². The number of furan rings is 1. The highest BCUT2D eigenvalue weighted by molar-refractivity contribution is 7.99. The molecule has 1 N–H and O–H groups in total. The topological polar surface area (TPSA) is 42.2 Å². The van der Waals surface area contributed by atoms with Gasteiger partial charge in [0.15, 0.2) is 0 Å². The molecule has 2 aromatic rings. The summed E-state index contributed by atoms with van der Waals surface area (Å²) in [7, 11) is 0. The fraction of sp³-hybridized carbons (Fsp3) is 0.267. The molecule has 0 saturated carbocycles. The summed E-state index contributed by atoms with van der Waals surface area (Å²) in [5.41, 5.74) is 0.938. The molecule has 112 valence electrons. The minimum absolute atomic E-state index is 0.00436. The summed E-state index contributed by atoms with van der Waals surface area (Å²) in [6.07, 6.45) is 2.29. The normalized spacial score (nSPS) is 10.6. The number of carbonyl (C=O) groups is 1. The van der Waals surface area contributed by atoms with E-state index in [1.165, 1.54) is 11.8 Å². The van der Waals surface area contributed by atoms with Gasteiger partial charge in [-0.1, -0.05) is 35.3 Å². The van der Waals surface area contributed by atoms with Crippen LogP contribution < -0.4 is 5.32 Å². The lowest BCUT2D eigenvalue weighted by molar-refractivity contribution is -0.118. The van der Waals surface area contributed by atoms with Gasteiger partial charge in [0.25, 0.3) is 0 Å². The van der Waals surface area contributed by atoms with E-state index in [4.69, 9.17) is 27.6 Å². The van der Waals surface area contributed by atoms with Gasteiger partial charge in [0.05, 0.1) is 27.8 Å². The van der Waals surface area contributed by atoms with Crippen LogP contribution in [0.25, 0.3) is 0 Å². The molecule has 0 bridgehead atoms. The van der Waals surface area contributed by atoms with Crippen LogP contribution in [-0.2, 0) is 17.0 Å². The van der Waals surface area contributed by atoms with E-state index < -0.39 is 0 Å². The second kappa shape index (κ2) is 8.37. The van der Waals surface area contributed by atoms with Gasteiger partial charge in [-0.3, -0.25) is 4.79 Å². The molecule has 0 atom stereocenters. The lowest BCUT2D eigenvalue weighted by Crippen LogP contribution is -2.27. The van der Waals surface area contributed by atoms with Crippen molar-refractivity contribution in [3.05, 3.63) is 58.0 Å². The third-order valence-electron chi connectivity index (χ3n) is 2.81. The van der Waals surface area contributed by atoms with Crippen LogP contribution in [0.3, 0.4) is 0 Å². The molecular formula is C15H15Cl2NO2S. The number of halogens is 2. The number of rotatable bonds is 7. The molecule has 0 aliphatic carbocycles. The summed E-state index contributed by atoms with van der Waals surface area (Å²) >= 11 is 13.5. The van der Waals surface area contributed by atoms with Crippen molar-refractivity contribution >= 4 is 40.9 Å². The number of benzene rings is 1. The Morgan fingerprint density at radius 3 is 2.86 bits per heavy atom. The molecule has 1 aromatic heterocycles. The molecule has 0 aliphatic heterocycles. The van der Waals surface area contributed by atoms with Gasteiger partial charge in [0.1, 0.15) is 5.76 Å². The maximum atomic E-state index is 11.7. The highest BCUT2D eigenvalue weighted by atomic mass is 35.5. The third kappa shape index (κ3) is 5.30. The molecule has 2 rings (SSSR count). The van der Waals surface area contributed by atoms with E-state index in [2.05, 4.69) is 5.32 Å². The average molecular weight is 344 g/mol. The van der Waals surface area contributed by atoms with Crippen molar-refractivity contribution < 1.29 is 9.21 Å². The van der Waals surface area contributed by atoms with Crippen molar-refractivity contribution in [3.8, 4) is 0 Å². The molecule has 0 saturated heterocycles. The molecule has 1 heterocycles. The molecular weight excluding hydrogens is 329 g/mol. The first-order valence-corrected chi connectivity index (χ1v) is 8.37. The van der Waals surface area contributed by atoms with Crippen molar-refractivity contribution in [1.29, 1.82) is 0 Å². The molecule has 0 aliphatic rings. The van der Waals surface area contributed by atoms with Crippen LogP contribution >= 0.6 is 35.0 Å². The minimum atomic E-state index is 0.00436. The fourth-order valence-corrected chi connectivity index (χ4v) is 2.94. The molecule has 1 aromatic carbocycles. The zero-order valence-electron chi connectivity index (χ0n) is 11.3. The molecule has 3 nitrogen and oxygen atoms in total. The molecule has 1 amide bonds. The summed E-state index contributed by atoms with van der Waals surface area (Å²) in [6, 6.07) is 9.24. The first kappa shape index (κ1) is 16.3. The van der Waals surface area contributed by atoms with Gasteiger partial charge in [-0.05, 0) is 30.2 Å². The van der Waals surface area contributed by atoms with Crippen LogP contribution in [0.1, 0.15) is 11.3 Å². The molecule has 0 spiro atoms. The molecule has 0 radical (unpaired) electrons. The van der Waals surface area contributed by atoms with Gasteiger partial charge in [-0.15, -0.1) is 11.8 Å². The predicted molar refractivity (Wildman–Crippen MR) is 88.0 cm³/mol. The maximum Gasteiger partial charge on any atom is 0.230 e. The monoisotopic (exact) mass is 343 g/mol. The number of thioether (sulfide) groups is 1. The second-order valence-corrected chi connectivity index (χ2v) is 6.16. The highest BCUT2D eigenvalue weighted by Crippen LogP contribution is 2.25. The zero-order valence-corrected chi connectivity index (χ0v) is 13.6. The van der Waals surface area contributed by atoms with Crippen LogP contribution in [0, 0.1) is 0 Å². The Bertz CT molecular complexity index is 587. The largest absolute Gasteiger partial charge is 0.468 e. The predicted octanol–water partition coefficient (Wildman–Crippen LogP) is 4.18. The van der Waals surface area contributed by atoms with Gasteiger partial charge >= 0.3 is 0 Å². The molecule has 6 heteroatoms.